The van der Waals surface area contributed by atoms with Gasteiger partial charge in [-0.2, -0.15) is 4.57 Å². The molecule has 14 heteroatoms. The first-order chi connectivity index (χ1) is 22.4. The van der Waals surface area contributed by atoms with Crippen LogP contribution < -0.4 is 16.6 Å². The Morgan fingerprint density at radius 2 is 1.42 bits per heavy atom. The van der Waals surface area contributed by atoms with Gasteiger partial charge in [-0.25, -0.2) is 24.3 Å². The van der Waals surface area contributed by atoms with Crippen LogP contribution in [0.3, 0.4) is 0 Å². The van der Waals surface area contributed by atoms with E-state index in [1.54, 1.807) is 41.5 Å². The zero-order chi connectivity index (χ0) is 35.4. The van der Waals surface area contributed by atoms with Crippen LogP contribution in [-0.2, 0) is 35.2 Å². The van der Waals surface area contributed by atoms with Crippen LogP contribution in [0.4, 0.5) is 9.59 Å². The maximum Gasteiger partial charge on any atom is 0.425 e. The number of nitrogens with one attached hydrogen (secondary N) is 1. The second-order valence-electron chi connectivity index (χ2n) is 13.1. The van der Waals surface area contributed by atoms with Crippen LogP contribution in [0, 0.1) is 6.92 Å². The van der Waals surface area contributed by atoms with Crippen LogP contribution in [0.1, 0.15) is 64.2 Å². The summed E-state index contributed by atoms with van der Waals surface area (Å²) < 4.78 is 17.1. The molecule has 2 amide bonds. The molecule has 1 aliphatic carbocycles. The highest BCUT2D eigenvalue weighted by atomic mass is 16.7. The van der Waals surface area contributed by atoms with E-state index in [2.05, 4.69) is 5.32 Å². The van der Waals surface area contributed by atoms with Gasteiger partial charge in [0.1, 0.15) is 37.6 Å². The van der Waals surface area contributed by atoms with Crippen LogP contribution in [0.25, 0.3) is 11.1 Å². The van der Waals surface area contributed by atoms with Gasteiger partial charge in [-0.3, -0.25) is 24.3 Å². The van der Waals surface area contributed by atoms with E-state index in [0.29, 0.717) is 5.06 Å². The van der Waals surface area contributed by atoms with Crippen molar-refractivity contribution in [2.24, 2.45) is 0 Å². The molecule has 3 aromatic rings. The summed E-state index contributed by atoms with van der Waals surface area (Å²) in [6, 6.07) is 15.7. The quantitative estimate of drug-likeness (QED) is 0.154. The number of hydroxylamine groups is 2. The van der Waals surface area contributed by atoms with Gasteiger partial charge in [0.05, 0.1) is 0 Å². The van der Waals surface area contributed by atoms with Crippen molar-refractivity contribution in [3.05, 3.63) is 92.3 Å². The number of amides is 2. The minimum Gasteiger partial charge on any atom is -0.459 e. The fourth-order valence-electron chi connectivity index (χ4n) is 5.06. The molecule has 48 heavy (non-hydrogen) atoms. The van der Waals surface area contributed by atoms with Crippen molar-refractivity contribution in [3.8, 4) is 11.1 Å². The highest BCUT2D eigenvalue weighted by molar-refractivity contribution is 5.81. The topological polar surface area (TPSA) is 164 Å². The molecule has 2 aromatic carbocycles. The van der Waals surface area contributed by atoms with Crippen LogP contribution >= 0.6 is 0 Å². The lowest BCUT2D eigenvalue weighted by Gasteiger charge is -2.25. The Balaban J connectivity index is 1.45. The summed E-state index contributed by atoms with van der Waals surface area (Å²) in [5, 5.41) is 3.01. The fraction of sp³-hybridized carbons (Fsp3) is 0.412. The van der Waals surface area contributed by atoms with Crippen molar-refractivity contribution >= 4 is 24.1 Å². The van der Waals surface area contributed by atoms with Crippen molar-refractivity contribution < 1.29 is 38.2 Å². The molecule has 1 N–H and O–H groups in total. The molecule has 14 nitrogen and oxygen atoms in total. The largest absolute Gasteiger partial charge is 0.459 e. The highest BCUT2D eigenvalue weighted by Crippen LogP contribution is 2.44. The first-order valence-electron chi connectivity index (χ1n) is 15.3. The lowest BCUT2D eigenvalue weighted by Crippen LogP contribution is -2.48. The van der Waals surface area contributed by atoms with Crippen molar-refractivity contribution in [2.75, 3.05) is 19.9 Å². The van der Waals surface area contributed by atoms with Crippen molar-refractivity contribution in [1.82, 2.24) is 19.5 Å². The second-order valence-corrected chi connectivity index (χ2v) is 13.1. The molecule has 0 radical (unpaired) electrons. The van der Waals surface area contributed by atoms with Gasteiger partial charge in [-0.1, -0.05) is 48.5 Å². The Morgan fingerprint density at radius 1 is 0.854 bits per heavy atom. The molecule has 1 aromatic heterocycles. The van der Waals surface area contributed by atoms with E-state index in [1.807, 2.05) is 48.5 Å². The number of aryl methyl sites for hydroxylation is 1. The van der Waals surface area contributed by atoms with Gasteiger partial charge in [-0.05, 0) is 70.7 Å². The predicted molar refractivity (Wildman–Crippen MR) is 173 cm³/mol. The average Bonchev–Trinajstić information content (AvgIpc) is 3.30. The summed E-state index contributed by atoms with van der Waals surface area (Å²) >= 11 is 0. The minimum absolute atomic E-state index is 0.0233. The second kappa shape index (κ2) is 14.3. The Morgan fingerprint density at radius 3 is 1.98 bits per heavy atom. The van der Waals surface area contributed by atoms with Crippen molar-refractivity contribution in [1.29, 1.82) is 0 Å². The number of rotatable bonds is 9. The molecule has 0 spiro atoms. The molecular formula is C34H40N4O10. The first kappa shape index (κ1) is 35.6. The van der Waals surface area contributed by atoms with Gasteiger partial charge >= 0.3 is 23.8 Å². The van der Waals surface area contributed by atoms with Gasteiger partial charge in [0, 0.05) is 17.7 Å². The standard InChI is InChI=1S/C34H40N4O10/c1-21-16-36(31(43)38(29(21)41)32(44)48-34(5,6)7)17-27(39)37(18-28(40)47-33(2,3)4)46-20-35-30(42)45-19-26-24-14-10-8-12-22(24)23-13-9-11-15-25(23)26/h8-16,26H,17-20H2,1-7H3,(H,35,42). The third-order valence-electron chi connectivity index (χ3n) is 6.96. The highest BCUT2D eigenvalue weighted by Gasteiger charge is 2.30. The van der Waals surface area contributed by atoms with Gasteiger partial charge in [0.15, 0.2) is 0 Å². The van der Waals surface area contributed by atoms with E-state index < -0.39 is 66.3 Å². The molecule has 0 saturated carbocycles. The van der Waals surface area contributed by atoms with E-state index in [0.717, 1.165) is 33.0 Å². The molecule has 0 atom stereocenters. The number of ether oxygens (including phenoxy) is 3. The molecule has 256 valence electrons. The van der Waals surface area contributed by atoms with Crippen LogP contribution in [0.2, 0.25) is 0 Å². The van der Waals surface area contributed by atoms with Gasteiger partial charge in [0.25, 0.3) is 11.5 Å². The number of hydrogen-bond acceptors (Lipinski definition) is 10. The van der Waals surface area contributed by atoms with Crippen LogP contribution in [0.5, 0.6) is 0 Å². The van der Waals surface area contributed by atoms with Gasteiger partial charge < -0.3 is 14.2 Å². The molecule has 4 rings (SSSR count). The Hall–Kier alpha value is -5.24. The summed E-state index contributed by atoms with van der Waals surface area (Å²) in [6.45, 7) is 8.97. The number of carbonyl (C=O) groups excluding carboxylic acids is 4. The maximum atomic E-state index is 13.4. The monoisotopic (exact) mass is 664 g/mol. The Bertz CT molecular complexity index is 1790. The molecule has 0 bridgehead atoms. The zero-order valence-electron chi connectivity index (χ0n) is 28.0. The third-order valence-corrected chi connectivity index (χ3v) is 6.96. The van der Waals surface area contributed by atoms with E-state index in [1.165, 1.54) is 6.92 Å². The molecule has 0 aliphatic heterocycles. The summed E-state index contributed by atoms with van der Waals surface area (Å²) in [7, 11) is 0. The van der Waals surface area contributed by atoms with Crippen molar-refractivity contribution in [3.63, 3.8) is 0 Å². The lowest BCUT2D eigenvalue weighted by atomic mass is 9.98. The number of aromatic nitrogens is 2. The maximum absolute atomic E-state index is 13.4. The molecular weight excluding hydrogens is 624 g/mol. The minimum atomic E-state index is -1.21. The number of nitrogens with zero attached hydrogens (tertiary/aromatic N) is 3. The van der Waals surface area contributed by atoms with Crippen LogP contribution in [0.15, 0.2) is 64.3 Å². The first-order valence-corrected chi connectivity index (χ1v) is 15.3. The van der Waals surface area contributed by atoms with Crippen molar-refractivity contribution in [2.45, 2.75) is 72.1 Å². The van der Waals surface area contributed by atoms with Gasteiger partial charge in [-0.15, -0.1) is 0 Å². The van der Waals surface area contributed by atoms with Gasteiger partial charge in [0.2, 0.25) is 0 Å². The molecule has 1 aliphatic rings. The van der Waals surface area contributed by atoms with E-state index >= 15 is 0 Å². The number of benzene rings is 2. The number of carbonyl (C=O) groups is 4. The Kier molecular flexibility index (Phi) is 10.6. The number of hydrogen-bond donors (Lipinski definition) is 1. The summed E-state index contributed by atoms with van der Waals surface area (Å²) in [6.07, 6.45) is -0.946. The number of esters is 1. The smallest absolute Gasteiger partial charge is 0.425 e. The third kappa shape index (κ3) is 8.76. The SMILES string of the molecule is Cc1cn(CC(=O)N(CC(=O)OC(C)(C)C)OCNC(=O)OCC2c3ccccc3-c3ccccc32)c(=O)n(C(=O)OC(C)(C)C)c1=O. The average molecular weight is 665 g/mol. The van der Waals surface area contributed by atoms with Crippen LogP contribution in [-0.4, -0.2) is 69.3 Å². The summed E-state index contributed by atoms with van der Waals surface area (Å²) in [5.41, 5.74) is 0.225. The fourth-order valence-corrected chi connectivity index (χ4v) is 5.06. The van der Waals surface area contributed by atoms with E-state index in [9.17, 15) is 28.8 Å². The summed E-state index contributed by atoms with van der Waals surface area (Å²) in [5.74, 6) is -1.94. The van der Waals surface area contributed by atoms with E-state index in [-0.39, 0.29) is 22.7 Å². The zero-order valence-corrected chi connectivity index (χ0v) is 28.0. The normalized spacial score (nSPS) is 12.5. The molecule has 0 fully saturated rings. The van der Waals surface area contributed by atoms with E-state index in [4.69, 9.17) is 19.0 Å². The predicted octanol–water partition coefficient (Wildman–Crippen LogP) is 3.70. The molecule has 0 saturated heterocycles. The Labute approximate surface area is 277 Å². The summed E-state index contributed by atoms with van der Waals surface area (Å²) in [4.78, 5) is 82.5. The molecule has 1 heterocycles. The number of alkyl carbamates (subject to hydrolysis) is 1. The lowest BCUT2D eigenvalue weighted by molar-refractivity contribution is -0.199. The molecule has 0 unspecified atom stereocenters. The number of fused-ring (bicyclic) bond motifs is 3.